The average molecular weight is 215 g/mol. The summed E-state index contributed by atoms with van der Waals surface area (Å²) in [5, 5.41) is 3.19. The van der Waals surface area contributed by atoms with Gasteiger partial charge in [-0.15, -0.1) is 6.42 Å². The van der Waals surface area contributed by atoms with Crippen LogP contribution in [-0.4, -0.2) is 31.5 Å². The fourth-order valence-corrected chi connectivity index (χ4v) is 3.32. The Morgan fingerprint density at radius 2 is 2.14 bits per heavy atom. The minimum atomic E-state index is -2.84. The van der Waals surface area contributed by atoms with Crippen LogP contribution in [0.15, 0.2) is 0 Å². The van der Waals surface area contributed by atoms with E-state index in [1.54, 1.807) is 0 Å². The Balaban J connectivity index is 2.60. The fraction of sp³-hybridized carbons (Fsp3) is 0.800. The highest BCUT2D eigenvalue weighted by Crippen LogP contribution is 2.14. The van der Waals surface area contributed by atoms with E-state index in [0.29, 0.717) is 5.75 Å². The van der Waals surface area contributed by atoms with Gasteiger partial charge in [0.2, 0.25) is 0 Å². The van der Waals surface area contributed by atoms with E-state index in [1.807, 2.05) is 13.8 Å². The Labute approximate surface area is 86.2 Å². The number of terminal acetylenes is 1. The molecule has 1 atom stereocenters. The van der Waals surface area contributed by atoms with E-state index in [4.69, 9.17) is 6.42 Å². The predicted octanol–water partition coefficient (Wildman–Crippen LogP) is 0.565. The molecule has 0 radical (unpaired) electrons. The van der Waals surface area contributed by atoms with E-state index in [-0.39, 0.29) is 11.8 Å². The minimum absolute atomic E-state index is 0.0137. The van der Waals surface area contributed by atoms with Crippen molar-refractivity contribution in [3.63, 3.8) is 0 Å². The lowest BCUT2D eigenvalue weighted by Crippen LogP contribution is -2.49. The maximum Gasteiger partial charge on any atom is 0.151 e. The van der Waals surface area contributed by atoms with Gasteiger partial charge in [-0.1, -0.05) is 5.92 Å². The molecule has 1 saturated heterocycles. The molecule has 1 fully saturated rings. The maximum atomic E-state index is 11.3. The molecule has 1 unspecified atom stereocenters. The van der Waals surface area contributed by atoms with E-state index < -0.39 is 15.4 Å². The van der Waals surface area contributed by atoms with Crippen molar-refractivity contribution in [2.24, 2.45) is 0 Å². The average Bonchev–Trinajstić information content (AvgIpc) is 2.01. The van der Waals surface area contributed by atoms with Crippen LogP contribution in [0.5, 0.6) is 0 Å². The van der Waals surface area contributed by atoms with E-state index in [9.17, 15) is 8.42 Å². The molecule has 0 aromatic heterocycles. The first-order valence-corrected chi connectivity index (χ1v) is 6.63. The molecule has 4 heteroatoms. The largest absolute Gasteiger partial charge is 0.298 e. The third-order valence-corrected chi connectivity index (χ3v) is 4.21. The normalized spacial score (nSPS) is 26.8. The second kappa shape index (κ2) is 3.92. The van der Waals surface area contributed by atoms with E-state index in [1.165, 1.54) is 0 Å². The van der Waals surface area contributed by atoms with Gasteiger partial charge in [-0.2, -0.15) is 0 Å². The van der Waals surface area contributed by atoms with Crippen LogP contribution in [0.4, 0.5) is 0 Å². The summed E-state index contributed by atoms with van der Waals surface area (Å²) in [6, 6.07) is 0.0137. The Bertz CT molecular complexity index is 338. The van der Waals surface area contributed by atoms with Gasteiger partial charge in [0.1, 0.15) is 0 Å². The van der Waals surface area contributed by atoms with Crippen LogP contribution in [0.3, 0.4) is 0 Å². The molecule has 80 valence electrons. The Morgan fingerprint density at radius 1 is 1.50 bits per heavy atom. The number of nitrogens with one attached hydrogen (secondary N) is 1. The zero-order valence-electron chi connectivity index (χ0n) is 8.71. The molecular formula is C10H17NO2S. The zero-order valence-corrected chi connectivity index (χ0v) is 9.52. The third-order valence-electron chi connectivity index (χ3n) is 2.39. The lowest BCUT2D eigenvalue weighted by molar-refractivity contribution is 0.395. The quantitative estimate of drug-likeness (QED) is 0.685. The van der Waals surface area contributed by atoms with Crippen molar-refractivity contribution in [3.05, 3.63) is 0 Å². The lowest BCUT2D eigenvalue weighted by atomic mass is 10.0. The first-order chi connectivity index (χ1) is 6.35. The molecule has 0 spiro atoms. The van der Waals surface area contributed by atoms with Crippen LogP contribution in [0, 0.1) is 12.3 Å². The molecule has 1 heterocycles. The monoisotopic (exact) mass is 215 g/mol. The van der Waals surface area contributed by atoms with Gasteiger partial charge in [-0.25, -0.2) is 8.42 Å². The first-order valence-electron chi connectivity index (χ1n) is 4.80. The molecule has 1 rings (SSSR count). The van der Waals surface area contributed by atoms with Crippen molar-refractivity contribution in [2.75, 3.05) is 11.5 Å². The molecule has 0 aromatic carbocycles. The molecule has 1 aliphatic rings. The van der Waals surface area contributed by atoms with Crippen molar-refractivity contribution in [1.29, 1.82) is 0 Å². The van der Waals surface area contributed by atoms with E-state index in [2.05, 4.69) is 11.2 Å². The van der Waals surface area contributed by atoms with Gasteiger partial charge in [0.25, 0.3) is 0 Å². The molecule has 0 aromatic rings. The fourth-order valence-electron chi connectivity index (χ4n) is 1.69. The highest BCUT2D eigenvalue weighted by molar-refractivity contribution is 7.91. The molecule has 14 heavy (non-hydrogen) atoms. The van der Waals surface area contributed by atoms with Gasteiger partial charge in [-0.3, -0.25) is 5.32 Å². The predicted molar refractivity (Wildman–Crippen MR) is 57.7 cm³/mol. The highest BCUT2D eigenvalue weighted by atomic mass is 32.2. The van der Waals surface area contributed by atoms with Gasteiger partial charge in [0, 0.05) is 6.04 Å². The lowest BCUT2D eigenvalue weighted by Gasteiger charge is -2.30. The Hall–Kier alpha value is -0.530. The van der Waals surface area contributed by atoms with Crippen LogP contribution >= 0.6 is 0 Å². The SMILES string of the molecule is C#CC(C)(C)NC1CCCS(=O)(=O)C1. The van der Waals surface area contributed by atoms with Crippen LogP contribution < -0.4 is 5.32 Å². The van der Waals surface area contributed by atoms with Crippen molar-refractivity contribution >= 4 is 9.84 Å². The second-order valence-corrected chi connectivity index (χ2v) is 6.60. The number of hydrogen-bond acceptors (Lipinski definition) is 3. The van der Waals surface area contributed by atoms with Crippen LogP contribution in [0.2, 0.25) is 0 Å². The molecule has 0 saturated carbocycles. The Kier molecular flexibility index (Phi) is 3.23. The van der Waals surface area contributed by atoms with Crippen molar-refractivity contribution in [1.82, 2.24) is 5.32 Å². The molecule has 0 amide bonds. The second-order valence-electron chi connectivity index (χ2n) is 4.37. The van der Waals surface area contributed by atoms with Gasteiger partial charge < -0.3 is 0 Å². The van der Waals surface area contributed by atoms with Gasteiger partial charge in [-0.05, 0) is 26.7 Å². The number of sulfone groups is 1. The summed E-state index contributed by atoms with van der Waals surface area (Å²) >= 11 is 0. The highest BCUT2D eigenvalue weighted by Gasteiger charge is 2.28. The van der Waals surface area contributed by atoms with Crippen LogP contribution in [0.25, 0.3) is 0 Å². The topological polar surface area (TPSA) is 46.2 Å². The Morgan fingerprint density at radius 3 is 2.64 bits per heavy atom. The summed E-state index contributed by atoms with van der Waals surface area (Å²) in [6.07, 6.45) is 6.96. The molecule has 1 N–H and O–H groups in total. The maximum absolute atomic E-state index is 11.3. The standard InChI is InChI=1S/C10H17NO2S/c1-4-10(2,3)11-9-6-5-7-14(12,13)8-9/h1,9,11H,5-8H2,2-3H3. The van der Waals surface area contributed by atoms with E-state index in [0.717, 1.165) is 12.8 Å². The summed E-state index contributed by atoms with van der Waals surface area (Å²) in [7, 11) is -2.84. The van der Waals surface area contributed by atoms with Crippen LogP contribution in [-0.2, 0) is 9.84 Å². The summed E-state index contributed by atoms with van der Waals surface area (Å²) in [4.78, 5) is 0. The molecule has 0 aliphatic carbocycles. The minimum Gasteiger partial charge on any atom is -0.298 e. The van der Waals surface area contributed by atoms with Crippen molar-refractivity contribution in [2.45, 2.75) is 38.3 Å². The molecule has 3 nitrogen and oxygen atoms in total. The summed E-state index contributed by atoms with van der Waals surface area (Å²) in [5.41, 5.74) is -0.419. The number of rotatable bonds is 2. The zero-order chi connectivity index (χ0) is 10.8. The van der Waals surface area contributed by atoms with Crippen LogP contribution in [0.1, 0.15) is 26.7 Å². The molecular weight excluding hydrogens is 198 g/mol. The molecule has 0 bridgehead atoms. The van der Waals surface area contributed by atoms with Crippen molar-refractivity contribution in [3.8, 4) is 12.3 Å². The molecule has 1 aliphatic heterocycles. The van der Waals surface area contributed by atoms with Gasteiger partial charge in [0.15, 0.2) is 9.84 Å². The number of hydrogen-bond donors (Lipinski definition) is 1. The van der Waals surface area contributed by atoms with E-state index >= 15 is 0 Å². The summed E-state index contributed by atoms with van der Waals surface area (Å²) < 4.78 is 22.7. The first kappa shape index (κ1) is 11.5. The summed E-state index contributed by atoms with van der Waals surface area (Å²) in [5.74, 6) is 3.15. The third kappa shape index (κ3) is 3.32. The van der Waals surface area contributed by atoms with Gasteiger partial charge >= 0.3 is 0 Å². The van der Waals surface area contributed by atoms with Crippen molar-refractivity contribution < 1.29 is 8.42 Å². The van der Waals surface area contributed by atoms with Gasteiger partial charge in [0.05, 0.1) is 17.0 Å². The smallest absolute Gasteiger partial charge is 0.151 e. The summed E-state index contributed by atoms with van der Waals surface area (Å²) in [6.45, 7) is 3.77.